The van der Waals surface area contributed by atoms with Crippen molar-refractivity contribution < 1.29 is 4.79 Å². The van der Waals surface area contributed by atoms with Crippen LogP contribution in [-0.2, 0) is 4.79 Å². The fraction of sp³-hybridized carbons (Fsp3) is 0.154. The molecule has 1 amide bonds. The van der Waals surface area contributed by atoms with Gasteiger partial charge in [0.15, 0.2) is 0 Å². The highest BCUT2D eigenvalue weighted by molar-refractivity contribution is 8.00. The van der Waals surface area contributed by atoms with E-state index in [0.717, 1.165) is 15.6 Å². The summed E-state index contributed by atoms with van der Waals surface area (Å²) in [6, 6.07) is 7.35. The number of hydrogen-bond acceptors (Lipinski definition) is 5. The van der Waals surface area contributed by atoms with Crippen molar-refractivity contribution in [2.75, 3.05) is 5.75 Å². The lowest BCUT2D eigenvalue weighted by atomic mass is 10.4. The molecule has 1 aromatic carbocycles. The van der Waals surface area contributed by atoms with Crippen LogP contribution in [0.2, 0.25) is 5.02 Å². The molecule has 0 aliphatic heterocycles. The number of aryl methyl sites for hydroxylation is 1. The second kappa shape index (κ2) is 7.42. The molecular formula is C13H12ClN3OS2. The highest BCUT2D eigenvalue weighted by Gasteiger charge is 2.01. The Morgan fingerprint density at radius 1 is 1.50 bits per heavy atom. The van der Waals surface area contributed by atoms with Gasteiger partial charge in [0.05, 0.1) is 22.7 Å². The number of hydrogen-bond donors (Lipinski definition) is 1. The lowest BCUT2D eigenvalue weighted by molar-refractivity contribution is -0.118. The van der Waals surface area contributed by atoms with Crippen LogP contribution in [-0.4, -0.2) is 22.9 Å². The van der Waals surface area contributed by atoms with Gasteiger partial charge in [-0.15, -0.1) is 23.1 Å². The van der Waals surface area contributed by atoms with Crippen molar-refractivity contribution in [2.24, 2.45) is 5.10 Å². The lowest BCUT2D eigenvalue weighted by Crippen LogP contribution is -2.19. The van der Waals surface area contributed by atoms with Crippen molar-refractivity contribution in [3.05, 3.63) is 45.4 Å². The van der Waals surface area contributed by atoms with Crippen LogP contribution in [0, 0.1) is 6.92 Å². The Bertz CT molecular complexity index is 610. The molecule has 20 heavy (non-hydrogen) atoms. The minimum Gasteiger partial charge on any atom is -0.272 e. The number of carbonyl (C=O) groups excluding carboxylic acids is 1. The Hall–Kier alpha value is -1.37. The van der Waals surface area contributed by atoms with Gasteiger partial charge in [-0.3, -0.25) is 4.79 Å². The third-order valence-electron chi connectivity index (χ3n) is 2.21. The smallest absolute Gasteiger partial charge is 0.250 e. The van der Waals surface area contributed by atoms with E-state index in [1.807, 2.05) is 24.4 Å². The molecule has 2 aromatic rings. The van der Waals surface area contributed by atoms with Gasteiger partial charge in [0.1, 0.15) is 0 Å². The number of nitrogens with one attached hydrogen (secondary N) is 1. The van der Waals surface area contributed by atoms with Gasteiger partial charge in [-0.05, 0) is 31.2 Å². The average molecular weight is 326 g/mol. The first-order valence-corrected chi connectivity index (χ1v) is 8.00. The molecule has 1 N–H and O–H groups in total. The maximum atomic E-state index is 11.6. The quantitative estimate of drug-likeness (QED) is 0.521. The minimum atomic E-state index is -0.159. The highest BCUT2D eigenvalue weighted by atomic mass is 35.5. The molecule has 1 heterocycles. The van der Waals surface area contributed by atoms with E-state index in [-0.39, 0.29) is 5.91 Å². The molecule has 0 fully saturated rings. The number of hydrazone groups is 1. The summed E-state index contributed by atoms with van der Waals surface area (Å²) in [5.41, 5.74) is 3.22. The van der Waals surface area contributed by atoms with Gasteiger partial charge in [-0.2, -0.15) is 5.10 Å². The Balaban J connectivity index is 1.75. The van der Waals surface area contributed by atoms with Crippen LogP contribution in [0.25, 0.3) is 0 Å². The third-order valence-corrected chi connectivity index (χ3v) is 4.26. The van der Waals surface area contributed by atoms with E-state index in [1.54, 1.807) is 23.5 Å². The Labute approximate surface area is 130 Å². The number of amides is 1. The van der Waals surface area contributed by atoms with Gasteiger partial charge in [0, 0.05) is 15.3 Å². The molecule has 2 rings (SSSR count). The fourth-order valence-corrected chi connectivity index (χ4v) is 2.70. The number of rotatable bonds is 5. The molecule has 0 unspecified atom stereocenters. The highest BCUT2D eigenvalue weighted by Crippen LogP contribution is 2.19. The molecule has 0 bridgehead atoms. The van der Waals surface area contributed by atoms with Crippen LogP contribution < -0.4 is 5.43 Å². The van der Waals surface area contributed by atoms with Crippen LogP contribution in [0.15, 0.2) is 39.6 Å². The van der Waals surface area contributed by atoms with E-state index in [4.69, 9.17) is 11.6 Å². The SMILES string of the molecule is Cc1nc(/C=N\NC(=O)CSc2ccc(Cl)cc2)cs1. The van der Waals surface area contributed by atoms with E-state index in [0.29, 0.717) is 10.8 Å². The van der Waals surface area contributed by atoms with Gasteiger partial charge in [0.25, 0.3) is 0 Å². The first-order chi connectivity index (χ1) is 9.63. The molecule has 4 nitrogen and oxygen atoms in total. The van der Waals surface area contributed by atoms with Crippen LogP contribution in [0.1, 0.15) is 10.7 Å². The summed E-state index contributed by atoms with van der Waals surface area (Å²) in [7, 11) is 0. The summed E-state index contributed by atoms with van der Waals surface area (Å²) < 4.78 is 0. The van der Waals surface area contributed by atoms with Crippen molar-refractivity contribution >= 4 is 46.8 Å². The summed E-state index contributed by atoms with van der Waals surface area (Å²) in [6.07, 6.45) is 1.54. The van der Waals surface area contributed by atoms with Gasteiger partial charge in [-0.25, -0.2) is 10.4 Å². The van der Waals surface area contributed by atoms with E-state index < -0.39 is 0 Å². The molecule has 0 aliphatic rings. The molecular weight excluding hydrogens is 314 g/mol. The Kier molecular flexibility index (Phi) is 5.58. The topological polar surface area (TPSA) is 54.4 Å². The zero-order valence-electron chi connectivity index (χ0n) is 10.7. The number of aromatic nitrogens is 1. The van der Waals surface area contributed by atoms with Crippen molar-refractivity contribution in [2.45, 2.75) is 11.8 Å². The van der Waals surface area contributed by atoms with E-state index in [9.17, 15) is 4.79 Å². The fourth-order valence-electron chi connectivity index (χ4n) is 1.32. The maximum Gasteiger partial charge on any atom is 0.250 e. The monoisotopic (exact) mass is 325 g/mol. The number of halogens is 1. The first kappa shape index (κ1) is 15.0. The van der Waals surface area contributed by atoms with Gasteiger partial charge >= 0.3 is 0 Å². The summed E-state index contributed by atoms with van der Waals surface area (Å²) in [6.45, 7) is 1.92. The second-order valence-corrected chi connectivity index (χ2v) is 6.37. The van der Waals surface area contributed by atoms with E-state index in [2.05, 4.69) is 15.5 Å². The number of carbonyl (C=O) groups is 1. The predicted octanol–water partition coefficient (Wildman–Crippen LogP) is 3.35. The molecule has 0 radical (unpaired) electrons. The first-order valence-electron chi connectivity index (χ1n) is 5.76. The number of thioether (sulfide) groups is 1. The van der Waals surface area contributed by atoms with Crippen LogP contribution in [0.5, 0.6) is 0 Å². The standard InChI is InChI=1S/C13H12ClN3OS2/c1-9-16-11(7-19-9)6-15-17-13(18)8-20-12-4-2-10(14)3-5-12/h2-7H,8H2,1H3,(H,17,18)/b15-6-. The average Bonchev–Trinajstić information content (AvgIpc) is 2.84. The van der Waals surface area contributed by atoms with Crippen LogP contribution in [0.4, 0.5) is 0 Å². The van der Waals surface area contributed by atoms with E-state index in [1.165, 1.54) is 18.0 Å². The van der Waals surface area contributed by atoms with E-state index >= 15 is 0 Å². The van der Waals surface area contributed by atoms with Crippen molar-refractivity contribution in [1.82, 2.24) is 10.4 Å². The molecule has 0 saturated carbocycles. The molecule has 104 valence electrons. The molecule has 7 heteroatoms. The summed E-state index contributed by atoms with van der Waals surface area (Å²) in [5, 5.41) is 7.40. The number of benzene rings is 1. The zero-order valence-corrected chi connectivity index (χ0v) is 13.1. The zero-order chi connectivity index (χ0) is 14.4. The Morgan fingerprint density at radius 3 is 2.90 bits per heavy atom. The van der Waals surface area contributed by atoms with Crippen LogP contribution in [0.3, 0.4) is 0 Å². The van der Waals surface area contributed by atoms with Gasteiger partial charge < -0.3 is 0 Å². The molecule has 0 atom stereocenters. The maximum absolute atomic E-state index is 11.6. The van der Waals surface area contributed by atoms with Gasteiger partial charge in [0.2, 0.25) is 5.91 Å². The van der Waals surface area contributed by atoms with Gasteiger partial charge in [-0.1, -0.05) is 11.6 Å². The second-order valence-electron chi connectivity index (χ2n) is 3.83. The number of nitrogens with zero attached hydrogens (tertiary/aromatic N) is 2. The predicted molar refractivity (Wildman–Crippen MR) is 84.8 cm³/mol. The minimum absolute atomic E-state index is 0.159. The van der Waals surface area contributed by atoms with Crippen LogP contribution >= 0.6 is 34.7 Å². The van der Waals surface area contributed by atoms with Crippen molar-refractivity contribution in [1.29, 1.82) is 0 Å². The summed E-state index contributed by atoms with van der Waals surface area (Å²) >= 11 is 8.76. The number of thiazole rings is 1. The Morgan fingerprint density at radius 2 is 2.25 bits per heavy atom. The molecule has 0 spiro atoms. The summed E-state index contributed by atoms with van der Waals surface area (Å²) in [5.74, 6) is 0.142. The summed E-state index contributed by atoms with van der Waals surface area (Å²) in [4.78, 5) is 16.8. The normalized spacial score (nSPS) is 10.9. The molecule has 0 aliphatic carbocycles. The lowest BCUT2D eigenvalue weighted by Gasteiger charge is -2.00. The van der Waals surface area contributed by atoms with Crippen molar-refractivity contribution in [3.8, 4) is 0 Å². The third kappa shape index (κ3) is 4.96. The largest absolute Gasteiger partial charge is 0.272 e. The molecule has 1 aromatic heterocycles. The molecule has 0 saturated heterocycles. The van der Waals surface area contributed by atoms with Crippen molar-refractivity contribution in [3.63, 3.8) is 0 Å².